The molecule has 66 valence electrons. The Balaban J connectivity index is 4.54. The third-order valence-corrected chi connectivity index (χ3v) is 2.04. The monoisotopic (exact) mass is 166 g/mol. The van der Waals surface area contributed by atoms with E-state index in [-0.39, 0.29) is 0 Å². The van der Waals surface area contributed by atoms with Crippen LogP contribution in [0.25, 0.3) is 0 Å². The van der Waals surface area contributed by atoms with Gasteiger partial charge in [-0.25, -0.2) is 13.2 Å². The molecule has 11 heavy (non-hydrogen) atoms. The molecule has 0 atom stereocenters. The smallest absolute Gasteiger partial charge is 0.104 e. The second kappa shape index (κ2) is 4.42. The summed E-state index contributed by atoms with van der Waals surface area (Å²) in [4.78, 5) is 0. The average Bonchev–Trinajstić information content (AvgIpc) is 2.08. The number of rotatable bonds is 4. The molecule has 0 unspecified atom stereocenters. The highest BCUT2D eigenvalue weighted by molar-refractivity contribution is 5.11. The SMILES string of the molecule is CC=C(C)C(CF)(CF)CF. The van der Waals surface area contributed by atoms with E-state index in [1.54, 1.807) is 19.9 Å². The number of alkyl halides is 3. The molecule has 0 nitrogen and oxygen atoms in total. The summed E-state index contributed by atoms with van der Waals surface area (Å²) in [5.74, 6) is 0. The van der Waals surface area contributed by atoms with Gasteiger partial charge in [0.05, 0.1) is 5.41 Å². The van der Waals surface area contributed by atoms with Crippen molar-refractivity contribution in [2.75, 3.05) is 20.0 Å². The van der Waals surface area contributed by atoms with Crippen LogP contribution in [-0.2, 0) is 0 Å². The molecule has 3 heteroatoms. The van der Waals surface area contributed by atoms with E-state index in [1.807, 2.05) is 0 Å². The lowest BCUT2D eigenvalue weighted by Gasteiger charge is -2.24. The van der Waals surface area contributed by atoms with Gasteiger partial charge in [0.1, 0.15) is 20.0 Å². The van der Waals surface area contributed by atoms with Crippen LogP contribution in [0.15, 0.2) is 11.6 Å². The molecular weight excluding hydrogens is 153 g/mol. The summed E-state index contributed by atoms with van der Waals surface area (Å²) < 4.78 is 36.7. The van der Waals surface area contributed by atoms with Crippen LogP contribution in [0.4, 0.5) is 13.2 Å². The lowest BCUT2D eigenvalue weighted by Crippen LogP contribution is -2.29. The Kier molecular flexibility index (Phi) is 4.23. The minimum Gasteiger partial charge on any atom is -0.250 e. The predicted molar refractivity (Wildman–Crippen MR) is 39.8 cm³/mol. The minimum absolute atomic E-state index is 0.435. The fourth-order valence-electron chi connectivity index (χ4n) is 0.730. The van der Waals surface area contributed by atoms with E-state index >= 15 is 0 Å². The van der Waals surface area contributed by atoms with Gasteiger partial charge in [0.15, 0.2) is 0 Å². The van der Waals surface area contributed by atoms with Crippen LogP contribution in [0.1, 0.15) is 13.8 Å². The third-order valence-electron chi connectivity index (χ3n) is 2.04. The van der Waals surface area contributed by atoms with Crippen molar-refractivity contribution in [1.82, 2.24) is 0 Å². The van der Waals surface area contributed by atoms with Gasteiger partial charge in [-0.1, -0.05) is 11.6 Å². The lowest BCUT2D eigenvalue weighted by molar-refractivity contribution is 0.151. The molecule has 0 saturated carbocycles. The molecule has 0 heterocycles. The van der Waals surface area contributed by atoms with Gasteiger partial charge in [-0.15, -0.1) is 0 Å². The van der Waals surface area contributed by atoms with Crippen LogP contribution in [0.3, 0.4) is 0 Å². The van der Waals surface area contributed by atoms with Crippen molar-refractivity contribution in [1.29, 1.82) is 0 Å². The topological polar surface area (TPSA) is 0 Å². The van der Waals surface area contributed by atoms with Crippen LogP contribution in [0.5, 0.6) is 0 Å². The summed E-state index contributed by atoms with van der Waals surface area (Å²) >= 11 is 0. The van der Waals surface area contributed by atoms with E-state index in [2.05, 4.69) is 0 Å². The molecule has 0 amide bonds. The van der Waals surface area contributed by atoms with Gasteiger partial charge in [-0.05, 0) is 13.8 Å². The predicted octanol–water partition coefficient (Wildman–Crippen LogP) is 2.85. The molecule has 0 aromatic rings. The first-order chi connectivity index (χ1) is 5.16. The number of hydrogen-bond donors (Lipinski definition) is 0. The Labute approximate surface area is 65.1 Å². The van der Waals surface area contributed by atoms with E-state index in [9.17, 15) is 13.2 Å². The highest BCUT2D eigenvalue weighted by atomic mass is 19.1. The second-order valence-corrected chi connectivity index (χ2v) is 2.65. The Hall–Kier alpha value is -0.470. The minimum atomic E-state index is -1.51. The molecule has 0 aliphatic rings. The Bertz CT molecular complexity index is 128. The van der Waals surface area contributed by atoms with Crippen molar-refractivity contribution in [3.63, 3.8) is 0 Å². The molecule has 0 spiro atoms. The highest BCUT2D eigenvalue weighted by Gasteiger charge is 2.32. The van der Waals surface area contributed by atoms with Gasteiger partial charge in [0.25, 0.3) is 0 Å². The molecule has 0 radical (unpaired) electrons. The Morgan fingerprint density at radius 1 is 1.18 bits per heavy atom. The summed E-state index contributed by atoms with van der Waals surface area (Å²) in [6.07, 6.45) is 1.54. The van der Waals surface area contributed by atoms with E-state index < -0.39 is 25.4 Å². The summed E-state index contributed by atoms with van der Waals surface area (Å²) in [5.41, 5.74) is -1.07. The molecule has 0 N–H and O–H groups in total. The van der Waals surface area contributed by atoms with Gasteiger partial charge in [-0.2, -0.15) is 0 Å². The summed E-state index contributed by atoms with van der Waals surface area (Å²) in [7, 11) is 0. The van der Waals surface area contributed by atoms with Gasteiger partial charge in [0, 0.05) is 0 Å². The molecule has 0 aliphatic carbocycles. The quantitative estimate of drug-likeness (QED) is 0.563. The molecule has 0 aromatic carbocycles. The van der Waals surface area contributed by atoms with E-state index in [4.69, 9.17) is 0 Å². The first-order valence-corrected chi connectivity index (χ1v) is 3.48. The van der Waals surface area contributed by atoms with Crippen LogP contribution in [0.2, 0.25) is 0 Å². The third kappa shape index (κ3) is 1.98. The van der Waals surface area contributed by atoms with Gasteiger partial charge < -0.3 is 0 Å². The maximum absolute atomic E-state index is 12.2. The number of hydrogen-bond acceptors (Lipinski definition) is 0. The first kappa shape index (κ1) is 10.5. The van der Waals surface area contributed by atoms with Crippen molar-refractivity contribution >= 4 is 0 Å². The van der Waals surface area contributed by atoms with Crippen molar-refractivity contribution in [2.24, 2.45) is 5.41 Å². The summed E-state index contributed by atoms with van der Waals surface area (Å²) in [6, 6.07) is 0. The molecule has 0 aromatic heterocycles. The van der Waals surface area contributed by atoms with Crippen molar-refractivity contribution in [2.45, 2.75) is 13.8 Å². The maximum atomic E-state index is 12.2. The molecule has 0 aliphatic heterocycles. The van der Waals surface area contributed by atoms with Crippen LogP contribution in [0, 0.1) is 5.41 Å². The molecule has 0 bridgehead atoms. The molecular formula is C8H13F3. The van der Waals surface area contributed by atoms with Crippen LogP contribution < -0.4 is 0 Å². The van der Waals surface area contributed by atoms with Gasteiger partial charge >= 0.3 is 0 Å². The largest absolute Gasteiger partial charge is 0.250 e. The highest BCUT2D eigenvalue weighted by Crippen LogP contribution is 2.29. The average molecular weight is 166 g/mol. The Morgan fingerprint density at radius 3 is 1.64 bits per heavy atom. The van der Waals surface area contributed by atoms with Crippen LogP contribution in [-0.4, -0.2) is 20.0 Å². The maximum Gasteiger partial charge on any atom is 0.104 e. The molecule has 0 saturated heterocycles. The van der Waals surface area contributed by atoms with E-state index in [0.29, 0.717) is 5.57 Å². The number of halogens is 3. The van der Waals surface area contributed by atoms with Crippen molar-refractivity contribution < 1.29 is 13.2 Å². The van der Waals surface area contributed by atoms with E-state index in [1.165, 1.54) is 0 Å². The lowest BCUT2D eigenvalue weighted by atomic mass is 9.85. The second-order valence-electron chi connectivity index (χ2n) is 2.65. The fraction of sp³-hybridized carbons (Fsp3) is 0.750. The zero-order valence-electron chi connectivity index (χ0n) is 6.83. The summed E-state index contributed by atoms with van der Waals surface area (Å²) in [5, 5.41) is 0. The fourth-order valence-corrected chi connectivity index (χ4v) is 0.730. The van der Waals surface area contributed by atoms with Crippen LogP contribution >= 0.6 is 0 Å². The number of allylic oxidation sites excluding steroid dienone is 2. The zero-order valence-corrected chi connectivity index (χ0v) is 6.83. The van der Waals surface area contributed by atoms with Crippen molar-refractivity contribution in [3.8, 4) is 0 Å². The summed E-state index contributed by atoms with van der Waals surface area (Å²) in [6.45, 7) is 0.256. The van der Waals surface area contributed by atoms with E-state index in [0.717, 1.165) is 0 Å². The Morgan fingerprint density at radius 2 is 1.55 bits per heavy atom. The standard InChI is InChI=1S/C8H13F3/c1-3-7(2)8(4-9,5-10)6-11/h3H,4-6H2,1-2H3. The normalized spacial score (nSPS) is 13.7. The zero-order chi connectivity index (χ0) is 8.91. The molecule has 0 rings (SSSR count). The first-order valence-electron chi connectivity index (χ1n) is 3.48. The van der Waals surface area contributed by atoms with Crippen molar-refractivity contribution in [3.05, 3.63) is 11.6 Å². The van der Waals surface area contributed by atoms with Gasteiger partial charge in [0.2, 0.25) is 0 Å². The molecule has 0 fully saturated rings. The van der Waals surface area contributed by atoms with Gasteiger partial charge in [-0.3, -0.25) is 0 Å².